The zero-order valence-electron chi connectivity index (χ0n) is 11.1. The molecule has 0 radical (unpaired) electrons. The first-order chi connectivity index (χ1) is 7.61. The van der Waals surface area contributed by atoms with Gasteiger partial charge in [-0.2, -0.15) is 0 Å². The molecule has 16 heavy (non-hydrogen) atoms. The molecule has 0 aromatic carbocycles. The van der Waals surface area contributed by atoms with Crippen LogP contribution in [0.1, 0.15) is 40.5 Å². The van der Waals surface area contributed by atoms with Gasteiger partial charge in [0, 0.05) is 6.61 Å². The lowest BCUT2D eigenvalue weighted by molar-refractivity contribution is -0.0214. The Balaban J connectivity index is 1.82. The van der Waals surface area contributed by atoms with Gasteiger partial charge in [0.1, 0.15) is 0 Å². The van der Waals surface area contributed by atoms with Crippen LogP contribution in [-0.4, -0.2) is 12.7 Å². The van der Waals surface area contributed by atoms with Crippen LogP contribution in [0.25, 0.3) is 0 Å². The minimum atomic E-state index is 0.583. The third kappa shape index (κ3) is 1.33. The summed E-state index contributed by atoms with van der Waals surface area (Å²) in [6.45, 7) is 10.8. The van der Waals surface area contributed by atoms with Crippen molar-refractivity contribution in [2.24, 2.45) is 41.4 Å². The van der Waals surface area contributed by atoms with E-state index in [-0.39, 0.29) is 0 Å². The molecule has 0 aromatic rings. The molecule has 8 unspecified atom stereocenters. The standard InChI is InChI=1S/C15H26O/c1-8-5-6-16-15(8)14-11(4)12-7-13(14)10(3)9(12)2/h8-15H,5-7H2,1-4H3. The molecule has 1 nitrogen and oxygen atoms in total. The van der Waals surface area contributed by atoms with Crippen molar-refractivity contribution in [1.82, 2.24) is 0 Å². The molecule has 92 valence electrons. The van der Waals surface area contributed by atoms with Gasteiger partial charge in [-0.25, -0.2) is 0 Å². The molecule has 0 spiro atoms. The highest BCUT2D eigenvalue weighted by atomic mass is 16.5. The van der Waals surface area contributed by atoms with Gasteiger partial charge in [-0.05, 0) is 54.3 Å². The Morgan fingerprint density at radius 2 is 1.56 bits per heavy atom. The topological polar surface area (TPSA) is 9.23 Å². The van der Waals surface area contributed by atoms with Crippen molar-refractivity contribution in [3.05, 3.63) is 0 Å². The van der Waals surface area contributed by atoms with Gasteiger partial charge in [-0.3, -0.25) is 0 Å². The summed E-state index contributed by atoms with van der Waals surface area (Å²) in [6, 6.07) is 0. The van der Waals surface area contributed by atoms with Gasteiger partial charge in [-0.15, -0.1) is 0 Å². The Kier molecular flexibility index (Phi) is 2.58. The Bertz CT molecular complexity index is 275. The SMILES string of the molecule is CC1CCOC1C1C(C)C2CC1C(C)C2C. The first kappa shape index (κ1) is 11.1. The Hall–Kier alpha value is -0.0400. The summed E-state index contributed by atoms with van der Waals surface area (Å²) < 4.78 is 6.06. The molecule has 0 N–H and O–H groups in total. The van der Waals surface area contributed by atoms with E-state index in [9.17, 15) is 0 Å². The molecule has 1 saturated heterocycles. The molecule has 1 heteroatoms. The van der Waals surface area contributed by atoms with Gasteiger partial charge in [0.2, 0.25) is 0 Å². The smallest absolute Gasteiger partial charge is 0.0635 e. The van der Waals surface area contributed by atoms with E-state index >= 15 is 0 Å². The number of fused-ring (bicyclic) bond motifs is 2. The van der Waals surface area contributed by atoms with Crippen LogP contribution in [0.5, 0.6) is 0 Å². The van der Waals surface area contributed by atoms with Crippen molar-refractivity contribution in [3.8, 4) is 0 Å². The summed E-state index contributed by atoms with van der Waals surface area (Å²) >= 11 is 0. The molecule has 3 fully saturated rings. The van der Waals surface area contributed by atoms with Crippen LogP contribution in [0.4, 0.5) is 0 Å². The lowest BCUT2D eigenvalue weighted by Gasteiger charge is -2.40. The highest BCUT2D eigenvalue weighted by molar-refractivity contribution is 5.04. The molecule has 2 saturated carbocycles. The molecule has 0 amide bonds. The molecule has 1 heterocycles. The van der Waals surface area contributed by atoms with Crippen molar-refractivity contribution < 1.29 is 4.74 Å². The maximum Gasteiger partial charge on any atom is 0.0635 e. The summed E-state index contributed by atoms with van der Waals surface area (Å²) in [5.41, 5.74) is 0. The van der Waals surface area contributed by atoms with Crippen LogP contribution in [0.2, 0.25) is 0 Å². The second-order valence-electron chi connectivity index (χ2n) is 6.82. The monoisotopic (exact) mass is 222 g/mol. The van der Waals surface area contributed by atoms with Crippen LogP contribution in [0.15, 0.2) is 0 Å². The molecule has 8 atom stereocenters. The van der Waals surface area contributed by atoms with Gasteiger partial charge in [-0.1, -0.05) is 27.7 Å². The maximum absolute atomic E-state index is 6.06. The zero-order valence-corrected chi connectivity index (χ0v) is 11.1. The first-order valence-electron chi connectivity index (χ1n) is 7.23. The third-order valence-corrected chi connectivity index (χ3v) is 6.32. The van der Waals surface area contributed by atoms with E-state index < -0.39 is 0 Å². The highest BCUT2D eigenvalue weighted by Crippen LogP contribution is 2.60. The second kappa shape index (κ2) is 3.73. The molecule has 2 bridgehead atoms. The van der Waals surface area contributed by atoms with Crippen LogP contribution in [0, 0.1) is 41.4 Å². The van der Waals surface area contributed by atoms with E-state index in [1.54, 1.807) is 0 Å². The summed E-state index contributed by atoms with van der Waals surface area (Å²) in [4.78, 5) is 0. The van der Waals surface area contributed by atoms with Gasteiger partial charge < -0.3 is 4.74 Å². The quantitative estimate of drug-likeness (QED) is 0.659. The van der Waals surface area contributed by atoms with Crippen molar-refractivity contribution >= 4 is 0 Å². The van der Waals surface area contributed by atoms with E-state index in [0.29, 0.717) is 6.10 Å². The third-order valence-electron chi connectivity index (χ3n) is 6.32. The fourth-order valence-electron chi connectivity index (χ4n) is 5.15. The Labute approximate surface area is 99.9 Å². The molecule has 3 rings (SSSR count). The molecule has 0 aromatic heterocycles. The van der Waals surface area contributed by atoms with E-state index in [1.807, 2.05) is 0 Å². The van der Waals surface area contributed by atoms with Gasteiger partial charge in [0.25, 0.3) is 0 Å². The number of hydrogen-bond acceptors (Lipinski definition) is 1. The number of ether oxygens (including phenoxy) is 1. The number of rotatable bonds is 1. The van der Waals surface area contributed by atoms with Crippen LogP contribution >= 0.6 is 0 Å². The summed E-state index contributed by atoms with van der Waals surface area (Å²) in [5, 5.41) is 0. The molecular weight excluding hydrogens is 196 g/mol. The van der Waals surface area contributed by atoms with Crippen LogP contribution < -0.4 is 0 Å². The fraction of sp³-hybridized carbons (Fsp3) is 1.00. The lowest BCUT2D eigenvalue weighted by Crippen LogP contribution is -2.39. The van der Waals surface area contributed by atoms with Gasteiger partial charge in [0.05, 0.1) is 6.10 Å². The number of hydrogen-bond donors (Lipinski definition) is 0. The average molecular weight is 222 g/mol. The Morgan fingerprint density at radius 1 is 0.875 bits per heavy atom. The largest absolute Gasteiger partial charge is 0.378 e. The van der Waals surface area contributed by atoms with Gasteiger partial charge in [0.15, 0.2) is 0 Å². The predicted octanol–water partition coefficient (Wildman–Crippen LogP) is 3.59. The van der Waals surface area contributed by atoms with Crippen LogP contribution in [-0.2, 0) is 4.74 Å². The molecule has 1 aliphatic heterocycles. The Morgan fingerprint density at radius 3 is 2.12 bits per heavy atom. The highest BCUT2D eigenvalue weighted by Gasteiger charge is 2.56. The maximum atomic E-state index is 6.06. The summed E-state index contributed by atoms with van der Waals surface area (Å²) in [5.74, 6) is 6.40. The minimum absolute atomic E-state index is 0.583. The van der Waals surface area contributed by atoms with Crippen molar-refractivity contribution in [2.75, 3.05) is 6.61 Å². The van der Waals surface area contributed by atoms with E-state index in [2.05, 4.69) is 27.7 Å². The minimum Gasteiger partial charge on any atom is -0.378 e. The van der Waals surface area contributed by atoms with Crippen LogP contribution in [0.3, 0.4) is 0 Å². The van der Waals surface area contributed by atoms with Crippen molar-refractivity contribution in [2.45, 2.75) is 46.6 Å². The van der Waals surface area contributed by atoms with Gasteiger partial charge >= 0.3 is 0 Å². The normalized spacial score (nSPS) is 60.8. The van der Waals surface area contributed by atoms with E-state index in [4.69, 9.17) is 4.74 Å². The summed E-state index contributed by atoms with van der Waals surface area (Å²) in [7, 11) is 0. The average Bonchev–Trinajstić information content (AvgIpc) is 2.86. The summed E-state index contributed by atoms with van der Waals surface area (Å²) in [6.07, 6.45) is 3.36. The predicted molar refractivity (Wildman–Crippen MR) is 66.1 cm³/mol. The molecule has 3 aliphatic rings. The van der Waals surface area contributed by atoms with Crippen molar-refractivity contribution in [1.29, 1.82) is 0 Å². The molecular formula is C15H26O. The molecule has 2 aliphatic carbocycles. The first-order valence-corrected chi connectivity index (χ1v) is 7.23. The fourth-order valence-corrected chi connectivity index (χ4v) is 5.15. The zero-order chi connectivity index (χ0) is 11.4. The van der Waals surface area contributed by atoms with E-state index in [0.717, 1.165) is 48.0 Å². The van der Waals surface area contributed by atoms with Crippen molar-refractivity contribution in [3.63, 3.8) is 0 Å². The second-order valence-corrected chi connectivity index (χ2v) is 6.82. The van der Waals surface area contributed by atoms with E-state index in [1.165, 1.54) is 12.8 Å². The lowest BCUT2D eigenvalue weighted by atomic mass is 9.67.